The monoisotopic (exact) mass is 394 g/mol. The van der Waals surface area contributed by atoms with Crippen LogP contribution in [0.3, 0.4) is 0 Å². The minimum Gasteiger partial charge on any atom is -0.490 e. The van der Waals surface area contributed by atoms with E-state index in [0.717, 1.165) is 5.69 Å². The van der Waals surface area contributed by atoms with Crippen LogP contribution < -0.4 is 20.8 Å². The van der Waals surface area contributed by atoms with Crippen LogP contribution in [0.2, 0.25) is 0 Å². The van der Waals surface area contributed by atoms with Gasteiger partial charge in [-0.15, -0.1) is 0 Å². The number of methoxy groups -OCH3 is 1. The Morgan fingerprint density at radius 2 is 1.76 bits per heavy atom. The normalized spacial score (nSPS) is 10.6. The van der Waals surface area contributed by atoms with Gasteiger partial charge in [0.2, 0.25) is 23.6 Å². The van der Waals surface area contributed by atoms with Gasteiger partial charge in [-0.3, -0.25) is 10.1 Å². The fourth-order valence-electron chi connectivity index (χ4n) is 2.41. The summed E-state index contributed by atoms with van der Waals surface area (Å²) in [5.41, 5.74) is 3.79. The van der Waals surface area contributed by atoms with E-state index >= 15 is 0 Å². The van der Waals surface area contributed by atoms with Crippen LogP contribution in [0.15, 0.2) is 53.6 Å². The van der Waals surface area contributed by atoms with Crippen molar-refractivity contribution in [3.8, 4) is 5.75 Å². The molecule has 1 heterocycles. The minimum absolute atomic E-state index is 0.112. The van der Waals surface area contributed by atoms with Crippen molar-refractivity contribution >= 4 is 35.4 Å². The van der Waals surface area contributed by atoms with Crippen molar-refractivity contribution in [2.24, 2.45) is 5.10 Å². The van der Waals surface area contributed by atoms with Crippen molar-refractivity contribution < 1.29 is 9.66 Å². The number of hydrogen-bond acceptors (Lipinski definition) is 10. The van der Waals surface area contributed by atoms with Crippen molar-refractivity contribution in [2.75, 3.05) is 30.2 Å². The number of para-hydroxylation sites is 2. The van der Waals surface area contributed by atoms with E-state index in [-0.39, 0.29) is 17.4 Å². The highest BCUT2D eigenvalue weighted by atomic mass is 16.6. The number of aromatic nitrogens is 3. The van der Waals surface area contributed by atoms with Crippen LogP contribution in [0.1, 0.15) is 5.56 Å². The molecule has 0 radical (unpaired) electrons. The maximum atomic E-state index is 11.1. The van der Waals surface area contributed by atoms with Crippen molar-refractivity contribution in [1.29, 1.82) is 0 Å². The van der Waals surface area contributed by atoms with E-state index in [4.69, 9.17) is 4.74 Å². The Labute approximate surface area is 166 Å². The van der Waals surface area contributed by atoms with Crippen LogP contribution in [0.5, 0.6) is 5.75 Å². The summed E-state index contributed by atoms with van der Waals surface area (Å²) < 4.78 is 5.14. The van der Waals surface area contributed by atoms with Crippen LogP contribution in [0, 0.1) is 10.1 Å². The van der Waals surface area contributed by atoms with Crippen LogP contribution in [-0.2, 0) is 0 Å². The standard InChI is InChI=1S/C18H18N8O3/c1-19-16-22-17(21-13-8-4-3-5-9-13)24-18(23-16)25-20-11-12-7-6-10-14(26(27)28)15(12)29-2/h3-11H,1-2H3,(H3,19,21,22,23,24,25). The van der Waals surface area contributed by atoms with Gasteiger partial charge in [-0.25, -0.2) is 5.43 Å². The Balaban J connectivity index is 1.81. The molecule has 0 amide bonds. The van der Waals surface area contributed by atoms with E-state index in [9.17, 15) is 10.1 Å². The third kappa shape index (κ3) is 4.91. The summed E-state index contributed by atoms with van der Waals surface area (Å²) in [6, 6.07) is 14.0. The fourth-order valence-corrected chi connectivity index (χ4v) is 2.41. The zero-order valence-electron chi connectivity index (χ0n) is 15.7. The van der Waals surface area contributed by atoms with Gasteiger partial charge in [0.15, 0.2) is 0 Å². The maximum absolute atomic E-state index is 11.1. The van der Waals surface area contributed by atoms with Gasteiger partial charge in [-0.05, 0) is 18.2 Å². The number of anilines is 4. The molecule has 0 aliphatic carbocycles. The Bertz CT molecular complexity index is 1030. The minimum atomic E-state index is -0.518. The number of ether oxygens (including phenoxy) is 1. The fraction of sp³-hybridized carbons (Fsp3) is 0.111. The number of nitro benzene ring substituents is 1. The van der Waals surface area contributed by atoms with E-state index in [1.807, 2.05) is 30.3 Å². The van der Waals surface area contributed by atoms with Gasteiger partial charge in [-0.2, -0.15) is 20.1 Å². The molecule has 0 spiro atoms. The zero-order valence-corrected chi connectivity index (χ0v) is 15.7. The van der Waals surface area contributed by atoms with Gasteiger partial charge in [0.05, 0.1) is 18.2 Å². The van der Waals surface area contributed by atoms with Crippen molar-refractivity contribution in [3.63, 3.8) is 0 Å². The van der Waals surface area contributed by atoms with Crippen molar-refractivity contribution in [2.45, 2.75) is 0 Å². The molecule has 0 aliphatic heterocycles. The molecule has 29 heavy (non-hydrogen) atoms. The molecule has 0 fully saturated rings. The lowest BCUT2D eigenvalue weighted by Gasteiger charge is -2.08. The van der Waals surface area contributed by atoms with Crippen LogP contribution in [0.25, 0.3) is 0 Å². The SMILES string of the molecule is CNc1nc(NN=Cc2cccc([N+](=O)[O-])c2OC)nc(Nc2ccccc2)n1. The van der Waals surface area contributed by atoms with E-state index in [1.165, 1.54) is 19.4 Å². The number of rotatable bonds is 8. The third-order valence-corrected chi connectivity index (χ3v) is 3.68. The number of hydrogen-bond donors (Lipinski definition) is 3. The lowest BCUT2D eigenvalue weighted by atomic mass is 10.2. The smallest absolute Gasteiger partial charge is 0.311 e. The molecule has 0 saturated heterocycles. The zero-order chi connectivity index (χ0) is 20.6. The topological polar surface area (TPSA) is 139 Å². The predicted molar refractivity (Wildman–Crippen MR) is 110 cm³/mol. The maximum Gasteiger partial charge on any atom is 0.311 e. The second kappa shape index (κ2) is 9.08. The number of nitro groups is 1. The molecule has 2 aromatic carbocycles. The largest absolute Gasteiger partial charge is 0.490 e. The van der Waals surface area contributed by atoms with E-state index < -0.39 is 4.92 Å². The third-order valence-electron chi connectivity index (χ3n) is 3.68. The van der Waals surface area contributed by atoms with E-state index in [1.54, 1.807) is 19.2 Å². The lowest BCUT2D eigenvalue weighted by Crippen LogP contribution is -2.07. The second-order valence-electron chi connectivity index (χ2n) is 5.57. The summed E-state index contributed by atoms with van der Waals surface area (Å²) >= 11 is 0. The summed E-state index contributed by atoms with van der Waals surface area (Å²) in [6.07, 6.45) is 1.39. The van der Waals surface area contributed by atoms with Crippen LogP contribution in [-0.4, -0.2) is 40.2 Å². The van der Waals surface area contributed by atoms with Crippen molar-refractivity contribution in [1.82, 2.24) is 15.0 Å². The van der Waals surface area contributed by atoms with Gasteiger partial charge in [0, 0.05) is 24.4 Å². The first kappa shape index (κ1) is 19.5. The van der Waals surface area contributed by atoms with Crippen molar-refractivity contribution in [3.05, 3.63) is 64.2 Å². The molecule has 11 heteroatoms. The molecule has 0 atom stereocenters. The molecule has 0 saturated carbocycles. The average molecular weight is 394 g/mol. The van der Waals surface area contributed by atoms with E-state index in [2.05, 4.69) is 36.1 Å². The molecular weight excluding hydrogens is 376 g/mol. The predicted octanol–water partition coefficient (Wildman–Crippen LogP) is 3.02. The quantitative estimate of drug-likeness (QED) is 0.299. The Morgan fingerprint density at radius 1 is 1.03 bits per heavy atom. The molecule has 0 bridgehead atoms. The number of hydrazone groups is 1. The average Bonchev–Trinajstić information content (AvgIpc) is 2.74. The summed E-state index contributed by atoms with van der Waals surface area (Å²) in [5, 5.41) is 21.1. The molecule has 0 unspecified atom stereocenters. The van der Waals surface area contributed by atoms with Gasteiger partial charge >= 0.3 is 5.69 Å². The Morgan fingerprint density at radius 3 is 2.45 bits per heavy atom. The number of nitrogens with zero attached hydrogens (tertiary/aromatic N) is 5. The molecule has 0 aliphatic rings. The molecular formula is C18H18N8O3. The Kier molecular flexibility index (Phi) is 6.10. The second-order valence-corrected chi connectivity index (χ2v) is 5.57. The first-order chi connectivity index (χ1) is 14.1. The first-order valence-electron chi connectivity index (χ1n) is 8.47. The summed E-state index contributed by atoms with van der Waals surface area (Å²) in [5.74, 6) is 0.953. The van der Waals surface area contributed by atoms with Gasteiger partial charge in [0.1, 0.15) is 0 Å². The number of benzene rings is 2. The molecule has 1 aromatic heterocycles. The lowest BCUT2D eigenvalue weighted by molar-refractivity contribution is -0.385. The summed E-state index contributed by atoms with van der Waals surface area (Å²) in [6.45, 7) is 0. The van der Waals surface area contributed by atoms with Crippen LogP contribution in [0.4, 0.5) is 29.2 Å². The van der Waals surface area contributed by atoms with E-state index in [0.29, 0.717) is 17.5 Å². The molecule has 11 nitrogen and oxygen atoms in total. The summed E-state index contributed by atoms with van der Waals surface area (Å²) in [4.78, 5) is 23.3. The van der Waals surface area contributed by atoms with Gasteiger partial charge < -0.3 is 15.4 Å². The highest BCUT2D eigenvalue weighted by molar-refractivity contribution is 5.86. The first-order valence-corrected chi connectivity index (χ1v) is 8.47. The molecule has 3 N–H and O–H groups in total. The number of nitrogens with one attached hydrogen (secondary N) is 3. The molecule has 3 aromatic rings. The van der Waals surface area contributed by atoms with Gasteiger partial charge in [-0.1, -0.05) is 24.3 Å². The highest BCUT2D eigenvalue weighted by Gasteiger charge is 2.17. The van der Waals surface area contributed by atoms with Crippen LogP contribution >= 0.6 is 0 Å². The Hall–Kier alpha value is -4.28. The molecule has 148 valence electrons. The summed E-state index contributed by atoms with van der Waals surface area (Å²) in [7, 11) is 3.04. The highest BCUT2D eigenvalue weighted by Crippen LogP contribution is 2.29. The molecule has 3 rings (SSSR count). The van der Waals surface area contributed by atoms with Gasteiger partial charge in [0.25, 0.3) is 0 Å².